The van der Waals surface area contributed by atoms with Crippen LogP contribution in [0.5, 0.6) is 0 Å². The zero-order chi connectivity index (χ0) is 4.99. The second-order valence-corrected chi connectivity index (χ2v) is 3.98. The molecule has 0 heterocycles. The fourth-order valence-corrected chi connectivity index (χ4v) is 1.22. The molecule has 0 aromatic heterocycles. The van der Waals surface area contributed by atoms with Crippen molar-refractivity contribution in [1.29, 1.82) is 0 Å². The highest BCUT2D eigenvalue weighted by molar-refractivity contribution is 6.36. The molecule has 0 atom stereocenters. The third-order valence-electron chi connectivity index (χ3n) is 0.612. The molecule has 0 saturated heterocycles. The molecule has 0 nitrogen and oxygen atoms in total. The van der Waals surface area contributed by atoms with Crippen molar-refractivity contribution < 1.29 is 0 Å². The molecule has 6 heavy (non-hydrogen) atoms. The van der Waals surface area contributed by atoms with Gasteiger partial charge in [0.25, 0.3) is 0 Å². The Labute approximate surface area is 42.8 Å². The summed E-state index contributed by atoms with van der Waals surface area (Å²) in [5.41, 5.74) is 0.926. The quantitative estimate of drug-likeness (QED) is 0.465. The highest BCUT2D eigenvalue weighted by atomic mass is 28.2. The topological polar surface area (TPSA) is 0 Å². The van der Waals surface area contributed by atoms with Crippen molar-refractivity contribution in [2.45, 2.75) is 32.4 Å². The lowest BCUT2D eigenvalue weighted by molar-refractivity contribution is 1.05. The zero-order valence-electron chi connectivity index (χ0n) is 4.78. The number of hydrogen-bond donors (Lipinski definition) is 0. The van der Waals surface area contributed by atoms with Crippen molar-refractivity contribution in [3.05, 3.63) is 0 Å². The van der Waals surface area contributed by atoms with Gasteiger partial charge in [0.1, 0.15) is 0 Å². The summed E-state index contributed by atoms with van der Waals surface area (Å²) in [6, 6.07) is 1.36. The Morgan fingerprint density at radius 3 is 2.00 bits per heavy atom. The average molecular weight is 100 g/mol. The van der Waals surface area contributed by atoms with E-state index >= 15 is 0 Å². The summed E-state index contributed by atoms with van der Waals surface area (Å²) < 4.78 is 0. The van der Waals surface area contributed by atoms with E-state index in [0.29, 0.717) is 0 Å². The zero-order valence-corrected chi connectivity index (χ0v) is 5.78. The van der Waals surface area contributed by atoms with E-state index in [0.717, 1.165) is 5.54 Å². The van der Waals surface area contributed by atoms with Gasteiger partial charge in [-0.15, -0.1) is 0 Å². The van der Waals surface area contributed by atoms with Crippen molar-refractivity contribution in [3.63, 3.8) is 0 Å². The fraction of sp³-hybridized carbons (Fsp3) is 1.00. The molecule has 0 amide bonds. The highest BCUT2D eigenvalue weighted by Gasteiger charge is 1.87. The standard InChI is InChI=1S/C5H12Si/c1-4-6-5(2)3/h5H,4H2,1-3H3. The normalized spacial score (nSPS) is 10.0. The van der Waals surface area contributed by atoms with E-state index in [1.807, 2.05) is 0 Å². The maximum atomic E-state index is 2.27. The summed E-state index contributed by atoms with van der Waals surface area (Å²) in [6.07, 6.45) is 0. The Kier molecular flexibility index (Phi) is 3.53. The van der Waals surface area contributed by atoms with Crippen LogP contribution in [0.4, 0.5) is 0 Å². The molecule has 0 aromatic rings. The van der Waals surface area contributed by atoms with Crippen molar-refractivity contribution in [2.75, 3.05) is 0 Å². The highest BCUT2D eigenvalue weighted by Crippen LogP contribution is 1.97. The van der Waals surface area contributed by atoms with Crippen molar-refractivity contribution >= 4 is 9.52 Å². The van der Waals surface area contributed by atoms with Gasteiger partial charge in [-0.05, 0) is 0 Å². The summed E-state index contributed by atoms with van der Waals surface area (Å²) in [6.45, 7) is 6.77. The van der Waals surface area contributed by atoms with Crippen molar-refractivity contribution in [1.82, 2.24) is 0 Å². The van der Waals surface area contributed by atoms with Crippen LogP contribution >= 0.6 is 0 Å². The van der Waals surface area contributed by atoms with E-state index in [1.54, 1.807) is 0 Å². The minimum Gasteiger partial charge on any atom is -0.0682 e. The third-order valence-corrected chi connectivity index (χ3v) is 1.84. The largest absolute Gasteiger partial charge is 0.0682 e. The van der Waals surface area contributed by atoms with Gasteiger partial charge in [0, 0.05) is 9.52 Å². The molecular formula is C5H12Si. The van der Waals surface area contributed by atoms with Crippen LogP contribution in [-0.2, 0) is 0 Å². The maximum absolute atomic E-state index is 2.27. The smallest absolute Gasteiger partial charge is 0.0404 e. The second kappa shape index (κ2) is 3.41. The molecule has 1 heteroatoms. The Morgan fingerprint density at radius 1 is 1.50 bits per heavy atom. The first-order valence-corrected chi connectivity index (χ1v) is 3.79. The molecule has 0 spiro atoms. The summed E-state index contributed by atoms with van der Waals surface area (Å²) in [5.74, 6) is 0. The van der Waals surface area contributed by atoms with Gasteiger partial charge < -0.3 is 0 Å². The van der Waals surface area contributed by atoms with Gasteiger partial charge in [0.2, 0.25) is 0 Å². The molecule has 0 unspecified atom stereocenters. The molecule has 36 valence electrons. The van der Waals surface area contributed by atoms with E-state index < -0.39 is 0 Å². The SMILES string of the molecule is CC[Si]C(C)C. The minimum absolute atomic E-state index is 0.926. The Balaban J connectivity index is 2.63. The van der Waals surface area contributed by atoms with Crippen LogP contribution in [0.15, 0.2) is 0 Å². The molecule has 0 rings (SSSR count). The van der Waals surface area contributed by atoms with Gasteiger partial charge in [0.05, 0.1) is 0 Å². The third kappa shape index (κ3) is 4.22. The molecule has 0 aliphatic heterocycles. The Morgan fingerprint density at radius 2 is 2.00 bits per heavy atom. The summed E-state index contributed by atoms with van der Waals surface area (Å²) in [7, 11) is 1.17. The Hall–Kier alpha value is 0.217. The van der Waals surface area contributed by atoms with Crippen LogP contribution in [-0.4, -0.2) is 9.52 Å². The van der Waals surface area contributed by atoms with Gasteiger partial charge >= 0.3 is 0 Å². The van der Waals surface area contributed by atoms with Gasteiger partial charge in [-0.2, -0.15) is 0 Å². The van der Waals surface area contributed by atoms with E-state index in [-0.39, 0.29) is 0 Å². The number of hydrogen-bond acceptors (Lipinski definition) is 0. The summed E-state index contributed by atoms with van der Waals surface area (Å²) >= 11 is 0. The summed E-state index contributed by atoms with van der Waals surface area (Å²) in [5, 5.41) is 0. The van der Waals surface area contributed by atoms with Crippen LogP contribution < -0.4 is 0 Å². The maximum Gasteiger partial charge on any atom is 0.0404 e. The lowest BCUT2D eigenvalue weighted by Crippen LogP contribution is -1.89. The predicted octanol–water partition coefficient (Wildman–Crippen LogP) is 1.96. The summed E-state index contributed by atoms with van der Waals surface area (Å²) in [4.78, 5) is 0. The molecule has 0 aromatic carbocycles. The monoisotopic (exact) mass is 100 g/mol. The van der Waals surface area contributed by atoms with E-state index in [2.05, 4.69) is 20.8 Å². The van der Waals surface area contributed by atoms with Crippen LogP contribution in [0.25, 0.3) is 0 Å². The molecule has 2 radical (unpaired) electrons. The molecule has 0 aliphatic carbocycles. The van der Waals surface area contributed by atoms with Crippen molar-refractivity contribution in [3.8, 4) is 0 Å². The van der Waals surface area contributed by atoms with E-state index in [9.17, 15) is 0 Å². The first-order valence-electron chi connectivity index (χ1n) is 2.50. The van der Waals surface area contributed by atoms with Gasteiger partial charge in [0.15, 0.2) is 0 Å². The molecule has 0 bridgehead atoms. The second-order valence-electron chi connectivity index (χ2n) is 1.71. The fourth-order valence-electron chi connectivity index (χ4n) is 0.408. The van der Waals surface area contributed by atoms with Gasteiger partial charge in [-0.3, -0.25) is 0 Å². The first-order chi connectivity index (χ1) is 2.77. The molecule has 0 aliphatic rings. The van der Waals surface area contributed by atoms with Gasteiger partial charge in [-0.1, -0.05) is 32.4 Å². The van der Waals surface area contributed by atoms with Crippen LogP contribution in [0.1, 0.15) is 20.8 Å². The average Bonchev–Trinajstić information content (AvgIpc) is 1.35. The predicted molar refractivity (Wildman–Crippen MR) is 31.3 cm³/mol. The van der Waals surface area contributed by atoms with Crippen LogP contribution in [0.3, 0.4) is 0 Å². The van der Waals surface area contributed by atoms with Crippen LogP contribution in [0, 0.1) is 0 Å². The van der Waals surface area contributed by atoms with Crippen molar-refractivity contribution in [2.24, 2.45) is 0 Å². The molecule has 0 fully saturated rings. The minimum atomic E-state index is 0.926. The number of rotatable bonds is 2. The van der Waals surface area contributed by atoms with Gasteiger partial charge in [-0.25, -0.2) is 0 Å². The first kappa shape index (κ1) is 6.22. The molecular weight excluding hydrogens is 88.1 g/mol. The lowest BCUT2D eigenvalue weighted by atomic mass is 10.6. The van der Waals surface area contributed by atoms with Crippen LogP contribution in [0.2, 0.25) is 11.6 Å². The van der Waals surface area contributed by atoms with E-state index in [1.165, 1.54) is 15.6 Å². The molecule has 0 saturated carbocycles. The molecule has 0 N–H and O–H groups in total. The lowest BCUT2D eigenvalue weighted by Gasteiger charge is -1.94. The Bertz CT molecular complexity index is 25.1. The van der Waals surface area contributed by atoms with E-state index in [4.69, 9.17) is 0 Å².